The second-order valence-electron chi connectivity index (χ2n) is 4.86. The molecule has 3 nitrogen and oxygen atoms in total. The van der Waals surface area contributed by atoms with Crippen molar-refractivity contribution >= 4 is 5.91 Å². The summed E-state index contributed by atoms with van der Waals surface area (Å²) in [4.78, 5) is 13.9. The van der Waals surface area contributed by atoms with Crippen molar-refractivity contribution in [3.63, 3.8) is 0 Å². The molecule has 1 aromatic carbocycles. The topological polar surface area (TPSA) is 32.3 Å². The highest BCUT2D eigenvalue weighted by molar-refractivity contribution is 5.82. The number of carbonyl (C=O) groups is 1. The number of hydrogen-bond donors (Lipinski definition) is 1. The van der Waals surface area contributed by atoms with E-state index in [1.807, 2.05) is 14.1 Å². The predicted octanol–water partition coefficient (Wildman–Crippen LogP) is 1.61. The van der Waals surface area contributed by atoms with Gasteiger partial charge in [0.15, 0.2) is 0 Å². The number of rotatable bonds is 5. The van der Waals surface area contributed by atoms with Crippen LogP contribution >= 0.6 is 0 Å². The summed E-state index contributed by atoms with van der Waals surface area (Å²) in [7, 11) is 3.70. The average molecular weight is 250 g/mol. The van der Waals surface area contributed by atoms with Crippen molar-refractivity contribution in [2.24, 2.45) is 5.92 Å². The van der Waals surface area contributed by atoms with Crippen LogP contribution in [0.15, 0.2) is 24.3 Å². The minimum atomic E-state index is -0.228. The monoisotopic (exact) mass is 250 g/mol. The van der Waals surface area contributed by atoms with Gasteiger partial charge in [-0.15, -0.1) is 0 Å². The molecule has 0 radical (unpaired) electrons. The Balaban J connectivity index is 1.90. The molecule has 1 fully saturated rings. The van der Waals surface area contributed by atoms with Crippen LogP contribution in [0.25, 0.3) is 0 Å². The third-order valence-corrected chi connectivity index (χ3v) is 3.48. The maximum atomic E-state index is 12.8. The van der Waals surface area contributed by atoms with Crippen molar-refractivity contribution in [3.8, 4) is 0 Å². The van der Waals surface area contributed by atoms with Gasteiger partial charge in [0.25, 0.3) is 0 Å². The standard InChI is InChI=1S/C14H19FN2O/c1-16-7-8-17(2)14(18)13-9-12(13)10-3-5-11(15)6-4-10/h3-6,12-13,16H,7-9H2,1-2H3. The summed E-state index contributed by atoms with van der Waals surface area (Å²) in [5, 5.41) is 3.03. The Kier molecular flexibility index (Phi) is 3.97. The first-order chi connectivity index (χ1) is 8.63. The van der Waals surface area contributed by atoms with Gasteiger partial charge in [0, 0.05) is 26.1 Å². The van der Waals surface area contributed by atoms with Crippen LogP contribution < -0.4 is 5.32 Å². The molecule has 4 heteroatoms. The van der Waals surface area contributed by atoms with Gasteiger partial charge in [-0.3, -0.25) is 4.79 Å². The summed E-state index contributed by atoms with van der Waals surface area (Å²) in [5.41, 5.74) is 1.07. The Morgan fingerprint density at radius 3 is 2.72 bits per heavy atom. The van der Waals surface area contributed by atoms with E-state index < -0.39 is 0 Å². The van der Waals surface area contributed by atoms with Crippen molar-refractivity contribution in [1.29, 1.82) is 0 Å². The van der Waals surface area contributed by atoms with Crippen molar-refractivity contribution in [2.45, 2.75) is 12.3 Å². The maximum Gasteiger partial charge on any atom is 0.226 e. The number of nitrogens with one attached hydrogen (secondary N) is 1. The molecule has 0 aliphatic heterocycles. The molecule has 1 aromatic rings. The van der Waals surface area contributed by atoms with Gasteiger partial charge in [-0.2, -0.15) is 0 Å². The van der Waals surface area contributed by atoms with Crippen molar-refractivity contribution in [2.75, 3.05) is 27.2 Å². The van der Waals surface area contributed by atoms with Gasteiger partial charge < -0.3 is 10.2 Å². The Morgan fingerprint density at radius 1 is 1.44 bits per heavy atom. The van der Waals surface area contributed by atoms with Crippen molar-refractivity contribution in [1.82, 2.24) is 10.2 Å². The van der Waals surface area contributed by atoms with Crippen LogP contribution in [0.1, 0.15) is 17.9 Å². The van der Waals surface area contributed by atoms with Crippen LogP contribution in [0.3, 0.4) is 0 Å². The van der Waals surface area contributed by atoms with E-state index in [-0.39, 0.29) is 23.6 Å². The zero-order valence-electron chi connectivity index (χ0n) is 10.8. The molecule has 0 spiro atoms. The Hall–Kier alpha value is -1.42. The summed E-state index contributed by atoms with van der Waals surface area (Å²) in [6, 6.07) is 6.47. The smallest absolute Gasteiger partial charge is 0.226 e. The lowest BCUT2D eigenvalue weighted by Crippen LogP contribution is -2.34. The molecule has 2 unspecified atom stereocenters. The molecule has 0 aromatic heterocycles. The largest absolute Gasteiger partial charge is 0.344 e. The lowest BCUT2D eigenvalue weighted by Gasteiger charge is -2.16. The van der Waals surface area contributed by atoms with Crippen molar-refractivity contribution < 1.29 is 9.18 Å². The average Bonchev–Trinajstić information content (AvgIpc) is 3.16. The first-order valence-corrected chi connectivity index (χ1v) is 6.28. The van der Waals surface area contributed by atoms with Gasteiger partial charge in [0.1, 0.15) is 5.82 Å². The fourth-order valence-corrected chi connectivity index (χ4v) is 2.22. The summed E-state index contributed by atoms with van der Waals surface area (Å²) in [5.74, 6) is 0.320. The molecule has 98 valence electrons. The van der Waals surface area contributed by atoms with Crippen LogP contribution in [-0.2, 0) is 4.79 Å². The molecule has 1 aliphatic carbocycles. The lowest BCUT2D eigenvalue weighted by molar-refractivity contribution is -0.131. The number of benzene rings is 1. The molecular weight excluding hydrogens is 231 g/mol. The van der Waals surface area contributed by atoms with Gasteiger partial charge in [-0.1, -0.05) is 12.1 Å². The van der Waals surface area contributed by atoms with E-state index in [2.05, 4.69) is 5.32 Å². The van der Waals surface area contributed by atoms with Crippen LogP contribution in [0.5, 0.6) is 0 Å². The van der Waals surface area contributed by atoms with E-state index in [1.54, 1.807) is 17.0 Å². The molecular formula is C14H19FN2O. The maximum absolute atomic E-state index is 12.8. The van der Waals surface area contributed by atoms with E-state index in [9.17, 15) is 9.18 Å². The molecule has 0 saturated heterocycles. The van der Waals surface area contributed by atoms with Gasteiger partial charge >= 0.3 is 0 Å². The summed E-state index contributed by atoms with van der Waals surface area (Å²) >= 11 is 0. The molecule has 0 heterocycles. The summed E-state index contributed by atoms with van der Waals surface area (Å²) in [6.45, 7) is 1.53. The molecule has 18 heavy (non-hydrogen) atoms. The normalized spacial score (nSPS) is 21.7. The highest BCUT2D eigenvalue weighted by atomic mass is 19.1. The highest BCUT2D eigenvalue weighted by Gasteiger charge is 2.44. The fourth-order valence-electron chi connectivity index (χ4n) is 2.22. The predicted molar refractivity (Wildman–Crippen MR) is 68.8 cm³/mol. The van der Waals surface area contributed by atoms with Gasteiger partial charge in [-0.05, 0) is 37.1 Å². The molecule has 2 atom stereocenters. The molecule has 1 saturated carbocycles. The fraction of sp³-hybridized carbons (Fsp3) is 0.500. The van der Waals surface area contributed by atoms with Crippen molar-refractivity contribution in [3.05, 3.63) is 35.6 Å². The summed E-state index contributed by atoms with van der Waals surface area (Å²) in [6.07, 6.45) is 0.883. The number of amides is 1. The number of hydrogen-bond acceptors (Lipinski definition) is 2. The van der Waals surface area contributed by atoms with E-state index >= 15 is 0 Å². The molecule has 1 amide bonds. The van der Waals surface area contributed by atoms with E-state index in [1.165, 1.54) is 12.1 Å². The van der Waals surface area contributed by atoms with E-state index in [0.29, 0.717) is 0 Å². The number of nitrogens with zero attached hydrogens (tertiary/aromatic N) is 1. The zero-order chi connectivity index (χ0) is 13.1. The Morgan fingerprint density at radius 2 is 2.11 bits per heavy atom. The SMILES string of the molecule is CNCCN(C)C(=O)C1CC1c1ccc(F)cc1. The Bertz CT molecular complexity index is 418. The molecule has 2 rings (SSSR count). The summed E-state index contributed by atoms with van der Waals surface area (Å²) < 4.78 is 12.8. The first kappa shape index (κ1) is 13.0. The van der Waals surface area contributed by atoms with Crippen LogP contribution in [-0.4, -0.2) is 38.0 Å². The van der Waals surface area contributed by atoms with Gasteiger partial charge in [0.05, 0.1) is 0 Å². The van der Waals surface area contributed by atoms with Crippen LogP contribution in [0, 0.1) is 11.7 Å². The number of likely N-dealkylation sites (N-methyl/N-ethyl adjacent to an activating group) is 2. The van der Waals surface area contributed by atoms with Gasteiger partial charge in [-0.25, -0.2) is 4.39 Å². The minimum Gasteiger partial charge on any atom is -0.344 e. The highest BCUT2D eigenvalue weighted by Crippen LogP contribution is 2.48. The van der Waals surface area contributed by atoms with E-state index in [4.69, 9.17) is 0 Å². The third-order valence-electron chi connectivity index (χ3n) is 3.48. The van der Waals surface area contributed by atoms with E-state index in [0.717, 1.165) is 25.1 Å². The lowest BCUT2D eigenvalue weighted by atomic mass is 10.1. The first-order valence-electron chi connectivity index (χ1n) is 6.28. The number of halogens is 1. The minimum absolute atomic E-state index is 0.0808. The quantitative estimate of drug-likeness (QED) is 0.861. The second kappa shape index (κ2) is 5.48. The molecule has 1 aliphatic rings. The van der Waals surface area contributed by atoms with Crippen LogP contribution in [0.2, 0.25) is 0 Å². The number of carbonyl (C=O) groups excluding carboxylic acids is 1. The third kappa shape index (κ3) is 2.88. The van der Waals surface area contributed by atoms with Crippen LogP contribution in [0.4, 0.5) is 4.39 Å². The molecule has 1 N–H and O–H groups in total. The second-order valence-corrected chi connectivity index (χ2v) is 4.86. The Labute approximate surface area is 107 Å². The molecule has 0 bridgehead atoms. The zero-order valence-corrected chi connectivity index (χ0v) is 10.8. The van der Waals surface area contributed by atoms with Gasteiger partial charge in [0.2, 0.25) is 5.91 Å².